The molecule has 0 bridgehead atoms. The van der Waals surface area contributed by atoms with Gasteiger partial charge in [-0.25, -0.2) is 9.59 Å². The third-order valence-corrected chi connectivity index (χ3v) is 6.83. The SMILES string of the molecule is COCC(NC(=O)OCC1c2ccccc2-c2ccccc21)C(=O)N1CCC(C)(C)C1C(=O)O. The van der Waals surface area contributed by atoms with Crippen LogP contribution in [-0.4, -0.2) is 66.9 Å². The van der Waals surface area contributed by atoms with Crippen molar-refractivity contribution in [3.05, 3.63) is 59.7 Å². The highest BCUT2D eigenvalue weighted by molar-refractivity contribution is 5.90. The van der Waals surface area contributed by atoms with Gasteiger partial charge in [-0.2, -0.15) is 0 Å². The fraction of sp³-hybridized carbons (Fsp3) is 0.423. The van der Waals surface area contributed by atoms with E-state index in [2.05, 4.69) is 17.4 Å². The van der Waals surface area contributed by atoms with Crippen LogP contribution in [0.3, 0.4) is 0 Å². The molecule has 34 heavy (non-hydrogen) atoms. The summed E-state index contributed by atoms with van der Waals surface area (Å²) in [4.78, 5) is 39.0. The Morgan fingerprint density at radius 3 is 2.24 bits per heavy atom. The van der Waals surface area contributed by atoms with Crippen LogP contribution in [0.4, 0.5) is 4.79 Å². The molecule has 180 valence electrons. The van der Waals surface area contributed by atoms with Crippen molar-refractivity contribution in [3.8, 4) is 11.1 Å². The summed E-state index contributed by atoms with van der Waals surface area (Å²) in [7, 11) is 1.42. The number of carboxylic acids is 1. The van der Waals surface area contributed by atoms with Gasteiger partial charge in [0.15, 0.2) is 0 Å². The first kappa shape index (κ1) is 23.8. The van der Waals surface area contributed by atoms with Gasteiger partial charge in [0, 0.05) is 19.6 Å². The molecule has 0 aromatic heterocycles. The van der Waals surface area contributed by atoms with E-state index in [0.717, 1.165) is 22.3 Å². The zero-order chi connectivity index (χ0) is 24.5. The Hall–Kier alpha value is -3.39. The van der Waals surface area contributed by atoms with E-state index >= 15 is 0 Å². The van der Waals surface area contributed by atoms with Gasteiger partial charge in [0.1, 0.15) is 18.7 Å². The van der Waals surface area contributed by atoms with E-state index in [-0.39, 0.29) is 19.1 Å². The Labute approximate surface area is 198 Å². The molecular weight excluding hydrogens is 436 g/mol. The van der Waals surface area contributed by atoms with Gasteiger partial charge in [-0.15, -0.1) is 0 Å². The quantitative estimate of drug-likeness (QED) is 0.649. The predicted molar refractivity (Wildman–Crippen MR) is 125 cm³/mol. The Morgan fingerprint density at radius 1 is 1.09 bits per heavy atom. The van der Waals surface area contributed by atoms with E-state index in [1.807, 2.05) is 50.2 Å². The fourth-order valence-corrected chi connectivity index (χ4v) is 5.13. The number of carbonyl (C=O) groups is 3. The summed E-state index contributed by atoms with van der Waals surface area (Å²) in [5, 5.41) is 12.3. The standard InChI is InChI=1S/C26H30N2O6/c1-26(2)12-13-28(22(26)24(30)31)23(29)21(15-33-3)27-25(32)34-14-20-18-10-6-4-8-16(18)17-9-5-7-11-19(17)20/h4-11,20-22H,12-15H2,1-3H3,(H,27,32)(H,30,31). The maximum absolute atomic E-state index is 13.2. The summed E-state index contributed by atoms with van der Waals surface area (Å²) >= 11 is 0. The van der Waals surface area contributed by atoms with Gasteiger partial charge in [-0.1, -0.05) is 62.4 Å². The highest BCUT2D eigenvalue weighted by Gasteiger charge is 2.48. The Balaban J connectivity index is 1.44. The van der Waals surface area contributed by atoms with Crippen LogP contribution >= 0.6 is 0 Å². The molecular formula is C26H30N2O6. The summed E-state index contributed by atoms with van der Waals surface area (Å²) in [5.74, 6) is -1.66. The van der Waals surface area contributed by atoms with E-state index in [0.29, 0.717) is 13.0 Å². The summed E-state index contributed by atoms with van der Waals surface area (Å²) in [6.07, 6.45) is -0.192. The first-order chi connectivity index (χ1) is 16.2. The lowest BCUT2D eigenvalue weighted by Gasteiger charge is -2.31. The molecule has 2 aliphatic rings. The molecule has 0 spiro atoms. The summed E-state index contributed by atoms with van der Waals surface area (Å²) in [5.41, 5.74) is 3.85. The molecule has 2 atom stereocenters. The molecule has 1 heterocycles. The predicted octanol–water partition coefficient (Wildman–Crippen LogP) is 3.25. The summed E-state index contributed by atoms with van der Waals surface area (Å²) < 4.78 is 10.7. The molecule has 2 aromatic carbocycles. The van der Waals surface area contributed by atoms with Crippen LogP contribution in [0, 0.1) is 5.41 Å². The van der Waals surface area contributed by atoms with Crippen molar-refractivity contribution in [1.82, 2.24) is 10.2 Å². The number of benzene rings is 2. The van der Waals surface area contributed by atoms with Crippen LogP contribution in [-0.2, 0) is 19.1 Å². The number of fused-ring (bicyclic) bond motifs is 3. The van der Waals surface area contributed by atoms with Crippen molar-refractivity contribution >= 4 is 18.0 Å². The number of nitrogens with zero attached hydrogens (tertiary/aromatic N) is 1. The number of carbonyl (C=O) groups excluding carboxylic acids is 2. The van der Waals surface area contributed by atoms with E-state index in [1.54, 1.807) is 0 Å². The summed E-state index contributed by atoms with van der Waals surface area (Å²) in [6.45, 7) is 3.97. The molecule has 0 saturated carbocycles. The van der Waals surface area contributed by atoms with Gasteiger partial charge in [0.05, 0.1) is 6.61 Å². The van der Waals surface area contributed by atoms with E-state index in [4.69, 9.17) is 9.47 Å². The first-order valence-corrected chi connectivity index (χ1v) is 11.4. The zero-order valence-electron chi connectivity index (χ0n) is 19.6. The second-order valence-corrected chi connectivity index (χ2v) is 9.49. The number of ether oxygens (including phenoxy) is 2. The zero-order valence-corrected chi connectivity index (χ0v) is 19.6. The number of rotatable bonds is 7. The number of hydrogen-bond acceptors (Lipinski definition) is 5. The molecule has 4 rings (SSSR count). The van der Waals surface area contributed by atoms with E-state index < -0.39 is 35.5 Å². The fourth-order valence-electron chi connectivity index (χ4n) is 5.13. The number of likely N-dealkylation sites (tertiary alicyclic amines) is 1. The average Bonchev–Trinajstić information content (AvgIpc) is 3.31. The Morgan fingerprint density at radius 2 is 1.68 bits per heavy atom. The number of amides is 2. The normalized spacial score (nSPS) is 19.3. The number of hydrogen-bond donors (Lipinski definition) is 2. The van der Waals surface area contributed by atoms with Crippen molar-refractivity contribution in [2.45, 2.75) is 38.3 Å². The van der Waals surface area contributed by atoms with Crippen LogP contribution in [0.15, 0.2) is 48.5 Å². The lowest BCUT2D eigenvalue weighted by Crippen LogP contribution is -2.55. The van der Waals surface area contributed by atoms with Crippen molar-refractivity contribution in [2.24, 2.45) is 5.41 Å². The number of carboxylic acid groups (broad SMARTS) is 1. The van der Waals surface area contributed by atoms with Crippen LogP contribution in [0.2, 0.25) is 0 Å². The molecule has 1 aliphatic carbocycles. The second-order valence-electron chi connectivity index (χ2n) is 9.49. The molecule has 1 aliphatic heterocycles. The molecule has 8 nitrogen and oxygen atoms in total. The van der Waals surface area contributed by atoms with Gasteiger partial charge in [0.25, 0.3) is 0 Å². The van der Waals surface area contributed by atoms with Gasteiger partial charge >= 0.3 is 12.1 Å². The molecule has 1 saturated heterocycles. The molecule has 0 radical (unpaired) electrons. The number of alkyl carbamates (subject to hydrolysis) is 1. The van der Waals surface area contributed by atoms with Crippen LogP contribution in [0.5, 0.6) is 0 Å². The van der Waals surface area contributed by atoms with Crippen LogP contribution in [0.25, 0.3) is 11.1 Å². The monoisotopic (exact) mass is 466 g/mol. The smallest absolute Gasteiger partial charge is 0.407 e. The van der Waals surface area contributed by atoms with Crippen molar-refractivity contribution in [1.29, 1.82) is 0 Å². The number of nitrogens with one attached hydrogen (secondary N) is 1. The third-order valence-electron chi connectivity index (χ3n) is 6.83. The minimum Gasteiger partial charge on any atom is -0.480 e. The van der Waals surface area contributed by atoms with E-state index in [9.17, 15) is 19.5 Å². The van der Waals surface area contributed by atoms with Crippen molar-refractivity contribution in [3.63, 3.8) is 0 Å². The minimum absolute atomic E-state index is 0.0910. The van der Waals surface area contributed by atoms with Gasteiger partial charge < -0.3 is 24.8 Å². The highest BCUT2D eigenvalue weighted by Crippen LogP contribution is 2.44. The topological polar surface area (TPSA) is 105 Å². The lowest BCUT2D eigenvalue weighted by atomic mass is 9.85. The Kier molecular flexibility index (Phi) is 6.61. The first-order valence-electron chi connectivity index (χ1n) is 11.4. The highest BCUT2D eigenvalue weighted by atomic mass is 16.5. The van der Waals surface area contributed by atoms with Crippen molar-refractivity contribution in [2.75, 3.05) is 26.9 Å². The maximum Gasteiger partial charge on any atom is 0.407 e. The van der Waals surface area contributed by atoms with Crippen LogP contribution in [0.1, 0.15) is 37.3 Å². The number of methoxy groups -OCH3 is 1. The molecule has 2 aromatic rings. The van der Waals surface area contributed by atoms with Crippen molar-refractivity contribution < 1.29 is 29.0 Å². The summed E-state index contributed by atoms with van der Waals surface area (Å²) in [6, 6.07) is 14.0. The van der Waals surface area contributed by atoms with Gasteiger partial charge in [-0.3, -0.25) is 4.79 Å². The molecule has 2 unspecified atom stereocenters. The van der Waals surface area contributed by atoms with Crippen LogP contribution < -0.4 is 5.32 Å². The third kappa shape index (κ3) is 4.37. The Bertz CT molecular complexity index is 1050. The lowest BCUT2D eigenvalue weighted by molar-refractivity contribution is -0.152. The molecule has 8 heteroatoms. The largest absolute Gasteiger partial charge is 0.480 e. The molecule has 2 amide bonds. The maximum atomic E-state index is 13.2. The second kappa shape index (κ2) is 9.46. The van der Waals surface area contributed by atoms with Gasteiger partial charge in [-0.05, 0) is 34.1 Å². The van der Waals surface area contributed by atoms with Gasteiger partial charge in [0.2, 0.25) is 5.91 Å². The molecule has 2 N–H and O–H groups in total. The minimum atomic E-state index is -1.06. The number of aliphatic carboxylic acids is 1. The average molecular weight is 467 g/mol. The molecule has 1 fully saturated rings. The van der Waals surface area contributed by atoms with E-state index in [1.165, 1.54) is 12.0 Å².